The topological polar surface area (TPSA) is 29.8 Å². The second kappa shape index (κ2) is 3.55. The van der Waals surface area contributed by atoms with Crippen LogP contribution in [0.2, 0.25) is 0 Å². The third kappa shape index (κ3) is 1.57. The zero-order valence-corrected chi connectivity index (χ0v) is 8.47. The molecule has 0 atom stereocenters. The second-order valence-electron chi connectivity index (χ2n) is 3.68. The summed E-state index contributed by atoms with van der Waals surface area (Å²) in [4.78, 5) is 6.56. The number of pyridine rings is 1. The summed E-state index contributed by atoms with van der Waals surface area (Å²) in [6.07, 6.45) is 5.91. The van der Waals surface area contributed by atoms with E-state index in [4.69, 9.17) is 4.74 Å². The first-order valence-corrected chi connectivity index (χ1v) is 5.19. The molecule has 3 heterocycles. The van der Waals surface area contributed by atoms with Crippen LogP contribution in [0, 0.1) is 0 Å². The maximum Gasteiger partial charge on any atom is 0.136 e. The number of rotatable bonds is 1. The van der Waals surface area contributed by atoms with E-state index in [2.05, 4.69) is 22.1 Å². The van der Waals surface area contributed by atoms with Crippen LogP contribution in [0.5, 0.6) is 0 Å². The largest absolute Gasteiger partial charge is 0.378 e. The number of hydrogen-bond acceptors (Lipinski definition) is 3. The van der Waals surface area contributed by atoms with Crippen LogP contribution in [0.1, 0.15) is 0 Å². The summed E-state index contributed by atoms with van der Waals surface area (Å²) in [5.74, 6) is 0. The van der Waals surface area contributed by atoms with Crippen molar-refractivity contribution in [1.82, 2.24) is 9.38 Å². The molecule has 1 aliphatic rings. The van der Waals surface area contributed by atoms with Crippen molar-refractivity contribution in [2.45, 2.75) is 0 Å². The number of aromatic nitrogens is 2. The highest BCUT2D eigenvalue weighted by Gasteiger charge is 2.11. The molecule has 3 rings (SSSR count). The van der Waals surface area contributed by atoms with Crippen LogP contribution in [-0.4, -0.2) is 35.7 Å². The fourth-order valence-electron chi connectivity index (χ4n) is 1.92. The van der Waals surface area contributed by atoms with Gasteiger partial charge < -0.3 is 14.0 Å². The van der Waals surface area contributed by atoms with Gasteiger partial charge in [0.1, 0.15) is 5.65 Å². The maximum atomic E-state index is 5.33. The van der Waals surface area contributed by atoms with Gasteiger partial charge in [0.15, 0.2) is 0 Å². The average molecular weight is 203 g/mol. The van der Waals surface area contributed by atoms with E-state index in [9.17, 15) is 0 Å². The van der Waals surface area contributed by atoms with Gasteiger partial charge in [0.05, 0.1) is 18.9 Å². The number of morpholine rings is 1. The lowest BCUT2D eigenvalue weighted by Gasteiger charge is -2.28. The van der Waals surface area contributed by atoms with Gasteiger partial charge in [0.25, 0.3) is 0 Å². The first-order valence-electron chi connectivity index (χ1n) is 5.19. The summed E-state index contributed by atoms with van der Waals surface area (Å²) >= 11 is 0. The maximum absolute atomic E-state index is 5.33. The lowest BCUT2D eigenvalue weighted by molar-refractivity contribution is 0.122. The van der Waals surface area contributed by atoms with E-state index in [1.54, 1.807) is 0 Å². The van der Waals surface area contributed by atoms with Gasteiger partial charge in [-0.3, -0.25) is 0 Å². The minimum Gasteiger partial charge on any atom is -0.378 e. The first-order chi connectivity index (χ1) is 7.43. The van der Waals surface area contributed by atoms with Crippen molar-refractivity contribution in [3.05, 3.63) is 30.7 Å². The van der Waals surface area contributed by atoms with Crippen LogP contribution in [0.15, 0.2) is 30.7 Å². The molecule has 0 N–H and O–H groups in total. The fourth-order valence-corrected chi connectivity index (χ4v) is 1.92. The molecule has 15 heavy (non-hydrogen) atoms. The van der Waals surface area contributed by atoms with Crippen LogP contribution in [0.25, 0.3) is 5.65 Å². The number of fused-ring (bicyclic) bond motifs is 1. The predicted molar refractivity (Wildman–Crippen MR) is 58.2 cm³/mol. The smallest absolute Gasteiger partial charge is 0.136 e. The van der Waals surface area contributed by atoms with Crippen LogP contribution in [0.4, 0.5) is 5.69 Å². The van der Waals surface area contributed by atoms with Gasteiger partial charge in [-0.05, 0) is 12.1 Å². The van der Waals surface area contributed by atoms with Crippen molar-refractivity contribution >= 4 is 11.3 Å². The zero-order valence-electron chi connectivity index (χ0n) is 8.47. The molecule has 0 aliphatic carbocycles. The SMILES string of the molecule is c1cn2cc(N3CCOCC3)ccc2n1. The van der Waals surface area contributed by atoms with Crippen molar-refractivity contribution in [3.63, 3.8) is 0 Å². The molecule has 1 aliphatic heterocycles. The van der Waals surface area contributed by atoms with Crippen molar-refractivity contribution in [2.24, 2.45) is 0 Å². The number of imidazole rings is 1. The van der Waals surface area contributed by atoms with E-state index >= 15 is 0 Å². The molecule has 0 bridgehead atoms. The van der Waals surface area contributed by atoms with Crippen LogP contribution in [-0.2, 0) is 4.74 Å². The molecular weight excluding hydrogens is 190 g/mol. The minimum atomic E-state index is 0.821. The average Bonchev–Trinajstić information content (AvgIpc) is 2.77. The lowest BCUT2D eigenvalue weighted by Crippen LogP contribution is -2.36. The Morgan fingerprint density at radius 2 is 2.07 bits per heavy atom. The fraction of sp³-hybridized carbons (Fsp3) is 0.364. The van der Waals surface area contributed by atoms with Crippen LogP contribution in [0.3, 0.4) is 0 Å². The molecule has 1 saturated heterocycles. The van der Waals surface area contributed by atoms with E-state index in [1.807, 2.05) is 22.9 Å². The van der Waals surface area contributed by atoms with E-state index in [0.717, 1.165) is 32.0 Å². The summed E-state index contributed by atoms with van der Waals surface area (Å²) in [5, 5.41) is 0. The molecule has 2 aromatic rings. The van der Waals surface area contributed by atoms with E-state index in [-0.39, 0.29) is 0 Å². The molecule has 4 heteroatoms. The van der Waals surface area contributed by atoms with Crippen molar-refractivity contribution < 1.29 is 4.74 Å². The summed E-state index contributed by atoms with van der Waals surface area (Å²) in [6, 6.07) is 4.17. The molecule has 0 saturated carbocycles. The third-order valence-electron chi connectivity index (χ3n) is 2.75. The van der Waals surface area contributed by atoms with Gasteiger partial charge >= 0.3 is 0 Å². The lowest BCUT2D eigenvalue weighted by atomic mass is 10.3. The molecule has 0 spiro atoms. The normalized spacial score (nSPS) is 17.2. The molecule has 1 fully saturated rings. The molecule has 78 valence electrons. The first kappa shape index (κ1) is 8.73. The Kier molecular flexibility index (Phi) is 2.07. The standard InChI is InChI=1S/C11H13N3O/c1-2-11-12-3-4-14(11)9-10(1)13-5-7-15-8-6-13/h1-4,9H,5-8H2. The Morgan fingerprint density at radius 3 is 2.93 bits per heavy atom. The highest BCUT2D eigenvalue weighted by atomic mass is 16.5. The van der Waals surface area contributed by atoms with Crippen molar-refractivity contribution in [3.8, 4) is 0 Å². The Hall–Kier alpha value is -1.55. The van der Waals surface area contributed by atoms with Gasteiger partial charge in [-0.1, -0.05) is 0 Å². The zero-order chi connectivity index (χ0) is 10.1. The minimum absolute atomic E-state index is 0.821. The monoisotopic (exact) mass is 203 g/mol. The van der Waals surface area contributed by atoms with Crippen molar-refractivity contribution in [1.29, 1.82) is 0 Å². The number of ether oxygens (including phenoxy) is 1. The molecule has 0 radical (unpaired) electrons. The highest BCUT2D eigenvalue weighted by molar-refractivity contribution is 5.51. The molecule has 0 unspecified atom stereocenters. The number of hydrogen-bond donors (Lipinski definition) is 0. The summed E-state index contributed by atoms with van der Waals surface area (Å²) in [7, 11) is 0. The van der Waals surface area contributed by atoms with Gasteiger partial charge in [-0.2, -0.15) is 0 Å². The Bertz CT molecular complexity index is 460. The Labute approximate surface area is 88.1 Å². The number of anilines is 1. The predicted octanol–water partition coefficient (Wildman–Crippen LogP) is 1.17. The molecule has 4 nitrogen and oxygen atoms in total. The van der Waals surface area contributed by atoms with Crippen LogP contribution < -0.4 is 4.90 Å². The molecular formula is C11H13N3O. The van der Waals surface area contributed by atoms with Crippen molar-refractivity contribution in [2.75, 3.05) is 31.2 Å². The molecule has 2 aromatic heterocycles. The van der Waals surface area contributed by atoms with E-state index in [1.165, 1.54) is 5.69 Å². The molecule has 0 amide bonds. The van der Waals surface area contributed by atoms with Gasteiger partial charge in [-0.25, -0.2) is 4.98 Å². The Morgan fingerprint density at radius 1 is 1.20 bits per heavy atom. The summed E-state index contributed by atoms with van der Waals surface area (Å²) < 4.78 is 7.38. The molecule has 0 aromatic carbocycles. The Balaban J connectivity index is 1.95. The highest BCUT2D eigenvalue weighted by Crippen LogP contribution is 2.16. The number of nitrogens with zero attached hydrogens (tertiary/aromatic N) is 3. The second-order valence-corrected chi connectivity index (χ2v) is 3.68. The van der Waals surface area contributed by atoms with E-state index in [0.29, 0.717) is 0 Å². The van der Waals surface area contributed by atoms with Gasteiger partial charge in [0.2, 0.25) is 0 Å². The quantitative estimate of drug-likeness (QED) is 0.697. The van der Waals surface area contributed by atoms with Crippen LogP contribution >= 0.6 is 0 Å². The summed E-state index contributed by atoms with van der Waals surface area (Å²) in [6.45, 7) is 3.59. The third-order valence-corrected chi connectivity index (χ3v) is 2.75. The van der Waals surface area contributed by atoms with Gasteiger partial charge in [0, 0.05) is 31.7 Å². The van der Waals surface area contributed by atoms with Gasteiger partial charge in [-0.15, -0.1) is 0 Å². The summed E-state index contributed by atoms with van der Waals surface area (Å²) in [5.41, 5.74) is 2.23. The van der Waals surface area contributed by atoms with E-state index < -0.39 is 0 Å².